The second-order valence-corrected chi connectivity index (χ2v) is 0. The van der Waals surface area contributed by atoms with Gasteiger partial charge in [0, 0.05) is 0 Å². The van der Waals surface area contributed by atoms with Gasteiger partial charge in [-0.15, -0.1) is 0 Å². The molecule has 0 atom stereocenters. The molecule has 0 saturated heterocycles. The molecule has 0 N–H and O–H groups in total. The molecule has 0 aliphatic rings. The Kier molecular flexibility index (Phi) is 1200. The maximum atomic E-state index is 8.00. The molecule has 30 valence electrons. The molecule has 0 aromatic rings. The summed E-state index contributed by atoms with van der Waals surface area (Å²) >= 11 is 2.00. The molecule has 0 spiro atoms. The fourth-order valence-electron chi connectivity index (χ4n) is 0. The van der Waals surface area contributed by atoms with E-state index in [0.717, 1.165) is 0 Å². The molecule has 0 aliphatic carbocycles. The standard InChI is InChI=1S/2CH3.Fe.O/h2*1H3;;/q2*-1;;. The van der Waals surface area contributed by atoms with E-state index in [0.29, 0.717) is 0 Å². The molecule has 0 aliphatic heterocycles. The van der Waals surface area contributed by atoms with Crippen molar-refractivity contribution < 1.29 is 19.8 Å². The molecular weight excluding hydrogens is 95.9 g/mol. The van der Waals surface area contributed by atoms with Gasteiger partial charge in [0.15, 0.2) is 0 Å². The number of hydrogen-bond donors (Lipinski definition) is 0. The van der Waals surface area contributed by atoms with Gasteiger partial charge < -0.3 is 14.9 Å². The SMILES string of the molecule is [CH3-].[CH3-].[O]=[Fe]. The average molecular weight is 102 g/mol. The van der Waals surface area contributed by atoms with Gasteiger partial charge in [-0.25, -0.2) is 0 Å². The van der Waals surface area contributed by atoms with Gasteiger partial charge in [-0.1, -0.05) is 0 Å². The zero-order chi connectivity index (χ0) is 2.00. The van der Waals surface area contributed by atoms with Crippen molar-refractivity contribution in [2.75, 3.05) is 0 Å². The van der Waals surface area contributed by atoms with Gasteiger partial charge in [-0.2, -0.15) is 0 Å². The van der Waals surface area contributed by atoms with Crippen molar-refractivity contribution >= 4 is 0 Å². The van der Waals surface area contributed by atoms with Gasteiger partial charge in [-0.05, 0) is 0 Å². The van der Waals surface area contributed by atoms with E-state index in [4.69, 9.17) is 3.83 Å². The third-order valence-corrected chi connectivity index (χ3v) is 0. The Morgan fingerprint density at radius 3 is 1.00 bits per heavy atom. The topological polar surface area (TPSA) is 17.1 Å². The fourth-order valence-corrected chi connectivity index (χ4v) is 0. The second kappa shape index (κ2) is 175. The van der Waals surface area contributed by atoms with Crippen LogP contribution in [-0.4, -0.2) is 0 Å². The van der Waals surface area contributed by atoms with Gasteiger partial charge >= 0.3 is 19.8 Å². The van der Waals surface area contributed by atoms with Gasteiger partial charge in [0.05, 0.1) is 0 Å². The first-order valence-corrected chi connectivity index (χ1v) is 0.595. The molecule has 0 rings (SSSR count). The maximum absolute atomic E-state index is 8.00. The number of hydrogen-bond acceptors (Lipinski definition) is 1. The molecule has 0 aromatic carbocycles. The summed E-state index contributed by atoms with van der Waals surface area (Å²) in [5.41, 5.74) is 0. The first-order valence-electron chi connectivity index (χ1n) is 0.144. The summed E-state index contributed by atoms with van der Waals surface area (Å²) in [6, 6.07) is 0. The Balaban J connectivity index is -0.00000000500. The van der Waals surface area contributed by atoms with E-state index in [1.165, 1.54) is 0 Å². The Labute approximate surface area is 35.4 Å². The normalized spacial score (nSPS) is 1.25. The van der Waals surface area contributed by atoms with Crippen molar-refractivity contribution in [2.45, 2.75) is 0 Å². The van der Waals surface area contributed by atoms with E-state index in [1.54, 1.807) is 0 Å². The Morgan fingerprint density at radius 2 is 1.00 bits per heavy atom. The molecule has 1 nitrogen and oxygen atoms in total. The Bertz CT molecular complexity index is 6.00. The van der Waals surface area contributed by atoms with Gasteiger partial charge in [-0.3, -0.25) is 0 Å². The monoisotopic (exact) mass is 102 g/mol. The summed E-state index contributed by atoms with van der Waals surface area (Å²) in [6.45, 7) is 0. The van der Waals surface area contributed by atoms with E-state index in [1.807, 2.05) is 15.9 Å². The number of rotatable bonds is 0. The molecular formula is C2H6FeO-2. The van der Waals surface area contributed by atoms with Crippen molar-refractivity contribution in [2.24, 2.45) is 0 Å². The van der Waals surface area contributed by atoms with E-state index in [-0.39, 0.29) is 14.9 Å². The zero-order valence-electron chi connectivity index (χ0n) is 2.76. The summed E-state index contributed by atoms with van der Waals surface area (Å²) in [5, 5.41) is 0. The quantitative estimate of drug-likeness (QED) is 0.326. The molecule has 2 heteroatoms. The molecule has 0 heterocycles. The summed E-state index contributed by atoms with van der Waals surface area (Å²) in [4.78, 5) is 0. The Hall–Kier alpha value is 0.319. The molecule has 0 radical (unpaired) electrons. The van der Waals surface area contributed by atoms with Crippen LogP contribution in [-0.2, 0) is 19.8 Å². The van der Waals surface area contributed by atoms with E-state index >= 15 is 0 Å². The molecule has 0 unspecified atom stereocenters. The third-order valence-electron chi connectivity index (χ3n) is 0. The first kappa shape index (κ1) is 27.3. The Morgan fingerprint density at radius 1 is 1.00 bits per heavy atom. The van der Waals surface area contributed by atoms with Crippen LogP contribution in [0.1, 0.15) is 0 Å². The van der Waals surface area contributed by atoms with Crippen LogP contribution in [0, 0.1) is 14.9 Å². The second-order valence-electron chi connectivity index (χ2n) is 0. The molecule has 0 aromatic heterocycles. The predicted molar refractivity (Wildman–Crippen MR) is 13.5 cm³/mol. The van der Waals surface area contributed by atoms with Gasteiger partial charge in [0.2, 0.25) is 0 Å². The summed E-state index contributed by atoms with van der Waals surface area (Å²) in [6.07, 6.45) is 0. The van der Waals surface area contributed by atoms with Gasteiger partial charge in [0.25, 0.3) is 0 Å². The van der Waals surface area contributed by atoms with Crippen LogP contribution in [0.15, 0.2) is 0 Å². The fraction of sp³-hybridized carbons (Fsp3) is 0. The van der Waals surface area contributed by atoms with Crippen LogP contribution in [0.4, 0.5) is 0 Å². The molecule has 0 saturated carbocycles. The van der Waals surface area contributed by atoms with E-state index < -0.39 is 0 Å². The minimum atomic E-state index is 0. The summed E-state index contributed by atoms with van der Waals surface area (Å²) in [5.74, 6) is 0. The van der Waals surface area contributed by atoms with E-state index in [9.17, 15) is 0 Å². The van der Waals surface area contributed by atoms with Crippen LogP contribution >= 0.6 is 0 Å². The summed E-state index contributed by atoms with van der Waals surface area (Å²) in [7, 11) is 0. The molecule has 4 heavy (non-hydrogen) atoms. The van der Waals surface area contributed by atoms with Crippen LogP contribution in [0.2, 0.25) is 0 Å². The van der Waals surface area contributed by atoms with Crippen molar-refractivity contribution in [3.63, 3.8) is 0 Å². The van der Waals surface area contributed by atoms with Crippen LogP contribution in [0.3, 0.4) is 0 Å². The summed E-state index contributed by atoms with van der Waals surface area (Å²) < 4.78 is 8.00. The molecule has 0 bridgehead atoms. The van der Waals surface area contributed by atoms with Crippen molar-refractivity contribution in [3.05, 3.63) is 14.9 Å². The minimum absolute atomic E-state index is 0. The van der Waals surface area contributed by atoms with Crippen LogP contribution in [0.25, 0.3) is 0 Å². The van der Waals surface area contributed by atoms with Gasteiger partial charge in [0.1, 0.15) is 0 Å². The van der Waals surface area contributed by atoms with E-state index in [2.05, 4.69) is 0 Å². The van der Waals surface area contributed by atoms with Crippen molar-refractivity contribution in [1.29, 1.82) is 0 Å². The van der Waals surface area contributed by atoms with Crippen molar-refractivity contribution in [3.8, 4) is 0 Å². The first-order chi connectivity index (χ1) is 1.00. The van der Waals surface area contributed by atoms with Crippen LogP contribution in [0.5, 0.6) is 0 Å². The van der Waals surface area contributed by atoms with Crippen molar-refractivity contribution in [1.82, 2.24) is 0 Å². The zero-order valence-corrected chi connectivity index (χ0v) is 3.87. The van der Waals surface area contributed by atoms with Crippen LogP contribution < -0.4 is 0 Å². The predicted octanol–water partition coefficient (Wildman–Crippen LogP) is 0.779. The third kappa shape index (κ3) is 39.6. The average Bonchev–Trinajstić information content (AvgIpc) is 1.00. The molecule has 0 amide bonds. The molecule has 0 fully saturated rings.